The molecule has 4 aliphatic carbocycles. The van der Waals surface area contributed by atoms with Gasteiger partial charge in [0.2, 0.25) is 0 Å². The zero-order valence-electron chi connectivity index (χ0n) is 19.5. The van der Waals surface area contributed by atoms with Crippen LogP contribution >= 0.6 is 0 Å². The van der Waals surface area contributed by atoms with Gasteiger partial charge in [-0.15, -0.1) is 0 Å². The van der Waals surface area contributed by atoms with Gasteiger partial charge in [-0.2, -0.15) is 0 Å². The second kappa shape index (κ2) is 5.82. The van der Waals surface area contributed by atoms with Crippen LogP contribution in [0, 0.1) is 34.5 Å². The number of aliphatic hydroxyl groups excluding tert-OH is 1. The van der Waals surface area contributed by atoms with E-state index in [0.717, 1.165) is 44.9 Å². The van der Waals surface area contributed by atoms with E-state index in [1.54, 1.807) is 0 Å². The monoisotopic (exact) mass is 377 g/mol. The lowest BCUT2D eigenvalue weighted by Crippen LogP contribution is -2.62. The fourth-order valence-corrected chi connectivity index (χ4v) is 8.09. The summed E-state index contributed by atoms with van der Waals surface area (Å²) < 4.78 is 29.5. The van der Waals surface area contributed by atoms with Gasteiger partial charge in [0.25, 0.3) is 0 Å². The summed E-state index contributed by atoms with van der Waals surface area (Å²) in [4.78, 5) is 12.0. The Morgan fingerprint density at radius 2 is 1.96 bits per heavy atom. The SMILES string of the molecule is [2H]C1=C([C@H]2CC[C@]3(O)[C@@H]4CC[C@@H]5C[C@@H](O)CC[C@]5(C)[C@H]4CC[C@]23C)C([2H])([2H])OC1=O. The smallest absolute Gasteiger partial charge is 0.331 e. The molecule has 0 bridgehead atoms. The maximum Gasteiger partial charge on any atom is 0.331 e. The Morgan fingerprint density at radius 3 is 2.70 bits per heavy atom. The third-order valence-electron chi connectivity index (χ3n) is 9.66. The molecule has 4 saturated carbocycles. The predicted molar refractivity (Wildman–Crippen MR) is 102 cm³/mol. The molecule has 150 valence electrons. The Balaban J connectivity index is 1.51. The van der Waals surface area contributed by atoms with Gasteiger partial charge in [-0.1, -0.05) is 13.8 Å². The van der Waals surface area contributed by atoms with E-state index in [-0.39, 0.29) is 35.0 Å². The number of hydrogen-bond donors (Lipinski definition) is 2. The van der Waals surface area contributed by atoms with E-state index in [1.807, 2.05) is 0 Å². The Bertz CT molecular complexity index is 812. The van der Waals surface area contributed by atoms with Crippen molar-refractivity contribution in [3.8, 4) is 0 Å². The van der Waals surface area contributed by atoms with Crippen molar-refractivity contribution in [1.82, 2.24) is 0 Å². The van der Waals surface area contributed by atoms with Crippen molar-refractivity contribution < 1.29 is 23.9 Å². The van der Waals surface area contributed by atoms with Gasteiger partial charge in [-0.3, -0.25) is 0 Å². The quantitative estimate of drug-likeness (QED) is 0.685. The molecule has 0 saturated heterocycles. The van der Waals surface area contributed by atoms with Crippen molar-refractivity contribution >= 4 is 5.97 Å². The summed E-state index contributed by atoms with van der Waals surface area (Å²) in [6.07, 6.45) is 7.37. The standard InChI is InChI=1S/C23H34O4/c1-21-8-5-16(24)12-15(21)3-4-19-18(21)6-9-22(2)17(7-10-23(19,22)26)14-11-20(25)27-13-14/h11,15-19,24,26H,3-10,12-13H2,1-2H3/t15-,16+,17-,18+,19-,21+,22-,23+/m1/s1/i11D,13D2. The minimum atomic E-state index is -2.26. The van der Waals surface area contributed by atoms with Gasteiger partial charge in [0.05, 0.1) is 15.8 Å². The number of cyclic esters (lactones) is 1. The van der Waals surface area contributed by atoms with Crippen LogP contribution in [0.4, 0.5) is 0 Å². The van der Waals surface area contributed by atoms with Gasteiger partial charge >= 0.3 is 5.97 Å². The Hall–Kier alpha value is -0.870. The van der Waals surface area contributed by atoms with Crippen LogP contribution in [0.5, 0.6) is 0 Å². The summed E-state index contributed by atoms with van der Waals surface area (Å²) in [6.45, 7) is 2.16. The first kappa shape index (κ1) is 15.0. The minimum absolute atomic E-state index is 0.137. The third-order valence-corrected chi connectivity index (χ3v) is 9.66. The highest BCUT2D eigenvalue weighted by Gasteiger charge is 2.67. The number of esters is 1. The number of carbonyl (C=O) groups is 1. The van der Waals surface area contributed by atoms with Gasteiger partial charge in [-0.25, -0.2) is 4.79 Å². The maximum atomic E-state index is 12.2. The molecule has 27 heavy (non-hydrogen) atoms. The molecule has 0 unspecified atom stereocenters. The van der Waals surface area contributed by atoms with Crippen LogP contribution < -0.4 is 0 Å². The second-order valence-corrected chi connectivity index (χ2v) is 10.4. The molecule has 8 atom stereocenters. The van der Waals surface area contributed by atoms with Gasteiger partial charge in [0.1, 0.15) is 6.56 Å². The van der Waals surface area contributed by atoms with Gasteiger partial charge in [-0.05, 0) is 92.4 Å². The lowest BCUT2D eigenvalue weighted by atomic mass is 9.43. The molecule has 0 aromatic rings. The van der Waals surface area contributed by atoms with Crippen molar-refractivity contribution in [1.29, 1.82) is 0 Å². The number of aliphatic hydroxyl groups is 2. The topological polar surface area (TPSA) is 66.8 Å². The molecule has 4 fully saturated rings. The average Bonchev–Trinajstić information content (AvgIpc) is 3.04. The van der Waals surface area contributed by atoms with Crippen LogP contribution in [0.3, 0.4) is 0 Å². The molecular formula is C23H34O4. The zero-order valence-corrected chi connectivity index (χ0v) is 16.5. The summed E-state index contributed by atoms with van der Waals surface area (Å²) in [5.74, 6) is -0.183. The van der Waals surface area contributed by atoms with E-state index in [2.05, 4.69) is 13.8 Å². The predicted octanol–water partition coefficient (Wildman–Crippen LogP) is 3.60. The van der Waals surface area contributed by atoms with Crippen LogP contribution in [0.2, 0.25) is 0 Å². The van der Waals surface area contributed by atoms with Gasteiger partial charge < -0.3 is 14.9 Å². The van der Waals surface area contributed by atoms with E-state index in [9.17, 15) is 15.0 Å². The third kappa shape index (κ3) is 2.32. The van der Waals surface area contributed by atoms with Crippen molar-refractivity contribution in [3.05, 3.63) is 11.6 Å². The first-order chi connectivity index (χ1) is 13.9. The summed E-state index contributed by atoms with van der Waals surface area (Å²) in [5, 5.41) is 22.4. The van der Waals surface area contributed by atoms with Crippen LogP contribution in [0.1, 0.15) is 75.7 Å². The zero-order chi connectivity index (χ0) is 21.7. The minimum Gasteiger partial charge on any atom is -0.458 e. The van der Waals surface area contributed by atoms with Crippen molar-refractivity contribution in [2.24, 2.45) is 34.5 Å². The first-order valence-corrected chi connectivity index (χ1v) is 10.8. The molecule has 4 heteroatoms. The highest BCUT2D eigenvalue weighted by Crippen LogP contribution is 2.69. The van der Waals surface area contributed by atoms with E-state index < -0.39 is 23.5 Å². The van der Waals surface area contributed by atoms with E-state index in [4.69, 9.17) is 8.85 Å². The molecule has 4 nitrogen and oxygen atoms in total. The molecule has 0 amide bonds. The molecule has 0 aromatic heterocycles. The number of fused-ring (bicyclic) bond motifs is 5. The normalized spacial score (nSPS) is 58.4. The van der Waals surface area contributed by atoms with E-state index >= 15 is 0 Å². The molecule has 0 spiro atoms. The van der Waals surface area contributed by atoms with Gasteiger partial charge in [0, 0.05) is 11.5 Å². The summed E-state index contributed by atoms with van der Waals surface area (Å²) in [6, 6.07) is -0.352. The highest BCUT2D eigenvalue weighted by molar-refractivity contribution is 5.85. The van der Waals surface area contributed by atoms with E-state index in [1.165, 1.54) is 0 Å². The molecular weight excluding hydrogens is 340 g/mol. The van der Waals surface area contributed by atoms with Crippen molar-refractivity contribution in [2.45, 2.75) is 83.3 Å². The maximum absolute atomic E-state index is 12.2. The Morgan fingerprint density at radius 1 is 1.15 bits per heavy atom. The summed E-state index contributed by atoms with van der Waals surface area (Å²) in [7, 11) is 0. The van der Waals surface area contributed by atoms with Crippen molar-refractivity contribution in [3.63, 3.8) is 0 Å². The summed E-state index contributed by atoms with van der Waals surface area (Å²) in [5.41, 5.74) is -1.20. The summed E-state index contributed by atoms with van der Waals surface area (Å²) >= 11 is 0. The molecule has 1 aliphatic heterocycles. The lowest BCUT2D eigenvalue weighted by Gasteiger charge is -2.63. The second-order valence-electron chi connectivity index (χ2n) is 10.4. The van der Waals surface area contributed by atoms with E-state index in [0.29, 0.717) is 24.7 Å². The Kier molecular flexibility index (Phi) is 3.24. The van der Waals surface area contributed by atoms with Gasteiger partial charge in [0.15, 0.2) is 0 Å². The molecule has 5 rings (SSSR count). The fraction of sp³-hybridized carbons (Fsp3) is 0.870. The molecule has 0 radical (unpaired) electrons. The Labute approximate surface area is 166 Å². The number of rotatable bonds is 1. The lowest BCUT2D eigenvalue weighted by molar-refractivity contribution is -0.208. The van der Waals surface area contributed by atoms with Crippen molar-refractivity contribution in [2.75, 3.05) is 6.56 Å². The highest BCUT2D eigenvalue weighted by atomic mass is 16.5. The first-order valence-electron chi connectivity index (χ1n) is 12.3. The molecule has 2 N–H and O–H groups in total. The fourth-order valence-electron chi connectivity index (χ4n) is 8.09. The van der Waals surface area contributed by atoms with Crippen LogP contribution in [0.25, 0.3) is 0 Å². The van der Waals surface area contributed by atoms with Crippen LogP contribution in [-0.4, -0.2) is 34.4 Å². The molecule has 5 aliphatic rings. The largest absolute Gasteiger partial charge is 0.458 e. The number of ether oxygens (including phenoxy) is 1. The van der Waals surface area contributed by atoms with Crippen LogP contribution in [0.15, 0.2) is 11.6 Å². The number of hydrogen-bond acceptors (Lipinski definition) is 4. The molecule has 1 heterocycles. The molecule has 0 aromatic carbocycles. The van der Waals surface area contributed by atoms with Crippen LogP contribution in [-0.2, 0) is 9.53 Å². The number of carbonyl (C=O) groups excluding carboxylic acids is 1. The average molecular weight is 378 g/mol.